The number of anilines is 3. The van der Waals surface area contributed by atoms with Gasteiger partial charge in [0.15, 0.2) is 5.16 Å². The average Bonchev–Trinajstić information content (AvgIpc) is 2.66. The molecule has 0 bridgehead atoms. The number of hydrogen-bond acceptors (Lipinski definition) is 7. The van der Waals surface area contributed by atoms with Crippen LogP contribution in [0.5, 0.6) is 5.75 Å². The van der Waals surface area contributed by atoms with Crippen LogP contribution in [0.4, 0.5) is 17.3 Å². The van der Waals surface area contributed by atoms with Gasteiger partial charge < -0.3 is 21.5 Å². The Morgan fingerprint density at radius 1 is 1.07 bits per heavy atom. The lowest BCUT2D eigenvalue weighted by Crippen LogP contribution is -2.20. The molecule has 1 amide bonds. The number of nitrogens with zero attached hydrogens (tertiary/aromatic N) is 2. The molecular formula is C20H21N5O2S. The van der Waals surface area contributed by atoms with Gasteiger partial charge in [-0.05, 0) is 30.2 Å². The predicted octanol–water partition coefficient (Wildman–Crippen LogP) is 3.43. The van der Waals surface area contributed by atoms with E-state index in [-0.39, 0.29) is 17.5 Å². The minimum absolute atomic E-state index is 0.232. The van der Waals surface area contributed by atoms with Crippen molar-refractivity contribution >= 4 is 35.0 Å². The van der Waals surface area contributed by atoms with E-state index in [1.165, 1.54) is 17.8 Å². The van der Waals surface area contributed by atoms with Gasteiger partial charge in [0.25, 0.3) is 0 Å². The zero-order valence-electron chi connectivity index (χ0n) is 15.5. The Bertz CT molecular complexity index is 961. The number of hydrogen-bond donors (Lipinski definition) is 3. The number of nitrogen functional groups attached to an aromatic ring is 2. The molecule has 28 heavy (non-hydrogen) atoms. The molecular weight excluding hydrogens is 374 g/mol. The molecule has 3 aromatic rings. The molecule has 5 N–H and O–H groups in total. The molecule has 0 aliphatic rings. The average molecular weight is 395 g/mol. The fourth-order valence-corrected chi connectivity index (χ4v) is 3.62. The van der Waals surface area contributed by atoms with Crippen LogP contribution in [0.3, 0.4) is 0 Å². The van der Waals surface area contributed by atoms with Gasteiger partial charge in [-0.15, -0.1) is 0 Å². The van der Waals surface area contributed by atoms with E-state index in [1.54, 1.807) is 7.11 Å². The summed E-state index contributed by atoms with van der Waals surface area (Å²) in [4.78, 5) is 21.5. The normalized spacial score (nSPS) is 11.6. The number of ether oxygens (including phenoxy) is 1. The maximum Gasteiger partial charge on any atom is 0.242 e. The predicted molar refractivity (Wildman–Crippen MR) is 112 cm³/mol. The fourth-order valence-electron chi connectivity index (χ4n) is 2.64. The van der Waals surface area contributed by atoms with Gasteiger partial charge in [-0.25, -0.2) is 9.97 Å². The molecule has 8 heteroatoms. The maximum atomic E-state index is 13.2. The first kappa shape index (κ1) is 19.5. The van der Waals surface area contributed by atoms with Crippen LogP contribution in [0.25, 0.3) is 0 Å². The van der Waals surface area contributed by atoms with Gasteiger partial charge in [-0.2, -0.15) is 0 Å². The van der Waals surface area contributed by atoms with Crippen LogP contribution in [0.15, 0.2) is 59.8 Å². The number of nitrogens with two attached hydrogens (primary N) is 2. The molecule has 0 spiro atoms. The van der Waals surface area contributed by atoms with Crippen LogP contribution in [0, 0.1) is 6.92 Å². The zero-order chi connectivity index (χ0) is 20.1. The Morgan fingerprint density at radius 3 is 2.39 bits per heavy atom. The molecule has 7 nitrogen and oxygen atoms in total. The maximum absolute atomic E-state index is 13.2. The second kappa shape index (κ2) is 8.62. The summed E-state index contributed by atoms with van der Waals surface area (Å²) in [7, 11) is 1.56. The quantitative estimate of drug-likeness (QED) is 0.432. The standard InChI is InChI=1S/C20H21N5O2S/c1-12-8-9-15(27-2)14(10-12)23-19(26)18(13-6-4-3-5-7-13)28-20-24-16(21)11-17(22)25-20/h3-11,18H,1-2H3,(H,23,26)(H4,21,22,24,25). The van der Waals surface area contributed by atoms with Gasteiger partial charge in [-0.3, -0.25) is 4.79 Å². The molecule has 1 aromatic heterocycles. The number of aromatic nitrogens is 2. The summed E-state index contributed by atoms with van der Waals surface area (Å²) >= 11 is 1.18. The van der Waals surface area contributed by atoms with E-state index in [9.17, 15) is 4.79 Å². The van der Waals surface area contributed by atoms with E-state index in [0.29, 0.717) is 16.6 Å². The molecule has 1 atom stereocenters. The van der Waals surface area contributed by atoms with Gasteiger partial charge in [0.2, 0.25) is 5.91 Å². The van der Waals surface area contributed by atoms with Crippen molar-refractivity contribution in [3.8, 4) is 5.75 Å². The highest BCUT2D eigenvalue weighted by molar-refractivity contribution is 8.00. The van der Waals surface area contributed by atoms with E-state index >= 15 is 0 Å². The Hall–Kier alpha value is -3.26. The van der Waals surface area contributed by atoms with Gasteiger partial charge in [0, 0.05) is 6.07 Å². The van der Waals surface area contributed by atoms with Gasteiger partial charge in [0.1, 0.15) is 22.6 Å². The van der Waals surface area contributed by atoms with Crippen molar-refractivity contribution in [3.05, 3.63) is 65.7 Å². The lowest BCUT2D eigenvalue weighted by molar-refractivity contribution is -0.115. The lowest BCUT2D eigenvalue weighted by Gasteiger charge is -2.18. The van der Waals surface area contributed by atoms with Crippen LogP contribution in [0.2, 0.25) is 0 Å². The SMILES string of the molecule is COc1ccc(C)cc1NC(=O)C(Sc1nc(N)cc(N)n1)c1ccccc1. The number of rotatable bonds is 6. The molecule has 2 aromatic carbocycles. The molecule has 1 unspecified atom stereocenters. The molecule has 144 valence electrons. The Kier molecular flexibility index (Phi) is 6.00. The molecule has 0 saturated heterocycles. The van der Waals surface area contributed by atoms with Crippen LogP contribution in [-0.4, -0.2) is 23.0 Å². The second-order valence-electron chi connectivity index (χ2n) is 6.10. The van der Waals surface area contributed by atoms with E-state index in [4.69, 9.17) is 16.2 Å². The number of carbonyl (C=O) groups is 1. The lowest BCUT2D eigenvalue weighted by atomic mass is 10.1. The van der Waals surface area contributed by atoms with Crippen LogP contribution < -0.4 is 21.5 Å². The Balaban J connectivity index is 1.93. The zero-order valence-corrected chi connectivity index (χ0v) is 16.4. The van der Waals surface area contributed by atoms with Crippen molar-refractivity contribution in [2.75, 3.05) is 23.9 Å². The topological polar surface area (TPSA) is 116 Å². The summed E-state index contributed by atoms with van der Waals surface area (Å²) in [6, 6.07) is 16.5. The summed E-state index contributed by atoms with van der Waals surface area (Å²) < 4.78 is 5.36. The Labute approximate surface area is 167 Å². The first-order chi connectivity index (χ1) is 13.5. The van der Waals surface area contributed by atoms with E-state index < -0.39 is 5.25 Å². The van der Waals surface area contributed by atoms with Crippen molar-refractivity contribution in [1.29, 1.82) is 0 Å². The molecule has 0 saturated carbocycles. The molecule has 3 rings (SSSR count). The minimum atomic E-state index is -0.604. The summed E-state index contributed by atoms with van der Waals surface area (Å²) in [6.07, 6.45) is 0. The molecule has 1 heterocycles. The molecule has 0 aliphatic carbocycles. The summed E-state index contributed by atoms with van der Waals surface area (Å²) in [5, 5.41) is 2.67. The smallest absolute Gasteiger partial charge is 0.242 e. The fraction of sp³-hybridized carbons (Fsp3) is 0.150. The summed E-state index contributed by atoms with van der Waals surface area (Å²) in [5.41, 5.74) is 13.9. The number of thioether (sulfide) groups is 1. The third kappa shape index (κ3) is 4.72. The van der Waals surface area contributed by atoms with Crippen molar-refractivity contribution in [1.82, 2.24) is 9.97 Å². The van der Waals surface area contributed by atoms with E-state index in [1.807, 2.05) is 55.5 Å². The number of nitrogens with one attached hydrogen (secondary N) is 1. The van der Waals surface area contributed by atoms with Gasteiger partial charge in [-0.1, -0.05) is 48.2 Å². The third-order valence-corrected chi connectivity index (χ3v) is 5.04. The van der Waals surface area contributed by atoms with Crippen molar-refractivity contribution < 1.29 is 9.53 Å². The van der Waals surface area contributed by atoms with Crippen LogP contribution in [0.1, 0.15) is 16.4 Å². The number of carbonyl (C=O) groups excluding carboxylic acids is 1. The Morgan fingerprint density at radius 2 is 1.75 bits per heavy atom. The monoisotopic (exact) mass is 395 g/mol. The van der Waals surface area contributed by atoms with Crippen LogP contribution >= 0.6 is 11.8 Å². The van der Waals surface area contributed by atoms with Crippen LogP contribution in [-0.2, 0) is 4.79 Å². The van der Waals surface area contributed by atoms with Gasteiger partial charge >= 0.3 is 0 Å². The van der Waals surface area contributed by atoms with E-state index in [2.05, 4.69) is 15.3 Å². The second-order valence-corrected chi connectivity index (χ2v) is 7.17. The third-order valence-electron chi connectivity index (χ3n) is 3.92. The highest BCUT2D eigenvalue weighted by atomic mass is 32.2. The highest BCUT2D eigenvalue weighted by Gasteiger charge is 2.24. The van der Waals surface area contributed by atoms with Gasteiger partial charge in [0.05, 0.1) is 12.8 Å². The molecule has 0 aliphatic heterocycles. The van der Waals surface area contributed by atoms with E-state index in [0.717, 1.165) is 11.1 Å². The summed E-state index contributed by atoms with van der Waals surface area (Å²) in [5.74, 6) is 0.857. The molecule has 0 radical (unpaired) electrons. The number of methoxy groups -OCH3 is 1. The largest absolute Gasteiger partial charge is 0.495 e. The number of aryl methyl sites for hydroxylation is 1. The van der Waals surface area contributed by atoms with Crippen molar-refractivity contribution in [2.45, 2.75) is 17.3 Å². The number of benzene rings is 2. The first-order valence-corrected chi connectivity index (χ1v) is 9.41. The minimum Gasteiger partial charge on any atom is -0.495 e. The number of amides is 1. The molecule has 0 fully saturated rings. The highest BCUT2D eigenvalue weighted by Crippen LogP contribution is 2.36. The van der Waals surface area contributed by atoms with Crippen molar-refractivity contribution in [2.24, 2.45) is 0 Å². The van der Waals surface area contributed by atoms with Crippen molar-refractivity contribution in [3.63, 3.8) is 0 Å². The summed E-state index contributed by atoms with van der Waals surface area (Å²) in [6.45, 7) is 1.95. The first-order valence-electron chi connectivity index (χ1n) is 8.53.